The van der Waals surface area contributed by atoms with E-state index in [2.05, 4.69) is 39.9 Å². The van der Waals surface area contributed by atoms with E-state index in [1.54, 1.807) is 7.11 Å². The van der Waals surface area contributed by atoms with Gasteiger partial charge in [0.05, 0.1) is 11.6 Å². The lowest BCUT2D eigenvalue weighted by atomic mass is 10.2. The van der Waals surface area contributed by atoms with Gasteiger partial charge in [0.1, 0.15) is 5.75 Å². The van der Waals surface area contributed by atoms with E-state index in [1.165, 1.54) is 5.56 Å². The van der Waals surface area contributed by atoms with Gasteiger partial charge >= 0.3 is 0 Å². The second-order valence-corrected chi connectivity index (χ2v) is 4.77. The molecule has 1 N–H and O–H groups in total. The Morgan fingerprint density at radius 3 is 2.71 bits per heavy atom. The van der Waals surface area contributed by atoms with Crippen molar-refractivity contribution >= 4 is 15.9 Å². The average molecular weight is 302 g/mol. The van der Waals surface area contributed by atoms with Crippen LogP contribution < -0.4 is 4.74 Å². The first-order valence-electron chi connectivity index (χ1n) is 5.86. The Hall–Kier alpha value is -0.580. The molecule has 96 valence electrons. The Kier molecular flexibility index (Phi) is 6.55. The van der Waals surface area contributed by atoms with Crippen molar-refractivity contribution in [3.63, 3.8) is 0 Å². The lowest BCUT2D eigenvalue weighted by Gasteiger charge is -2.20. The maximum atomic E-state index is 8.84. The molecule has 1 aromatic rings. The molecule has 0 atom stereocenters. The van der Waals surface area contributed by atoms with Crippen molar-refractivity contribution in [2.75, 3.05) is 26.8 Å². The predicted molar refractivity (Wildman–Crippen MR) is 73.3 cm³/mol. The first-order chi connectivity index (χ1) is 8.21. The molecular formula is C13H20BrNO2. The highest BCUT2D eigenvalue weighted by Gasteiger charge is 2.06. The summed E-state index contributed by atoms with van der Waals surface area (Å²) >= 11 is 3.49. The summed E-state index contributed by atoms with van der Waals surface area (Å²) < 4.78 is 6.18. The van der Waals surface area contributed by atoms with Crippen molar-refractivity contribution in [3.05, 3.63) is 28.2 Å². The third-order valence-corrected chi connectivity index (χ3v) is 3.32. The van der Waals surface area contributed by atoms with Gasteiger partial charge in [-0.15, -0.1) is 0 Å². The van der Waals surface area contributed by atoms with E-state index in [0.29, 0.717) is 0 Å². The van der Waals surface area contributed by atoms with Gasteiger partial charge in [-0.2, -0.15) is 0 Å². The van der Waals surface area contributed by atoms with Crippen molar-refractivity contribution in [2.24, 2.45) is 0 Å². The highest BCUT2D eigenvalue weighted by molar-refractivity contribution is 9.10. The number of aliphatic hydroxyl groups is 1. The molecule has 17 heavy (non-hydrogen) atoms. The average Bonchev–Trinajstić information content (AvgIpc) is 2.34. The summed E-state index contributed by atoms with van der Waals surface area (Å²) in [6.45, 7) is 5.21. The number of halogens is 1. The molecule has 0 heterocycles. The van der Waals surface area contributed by atoms with Crippen LogP contribution in [0, 0.1) is 0 Å². The minimum Gasteiger partial charge on any atom is -0.496 e. The summed E-state index contributed by atoms with van der Waals surface area (Å²) in [5, 5.41) is 8.84. The van der Waals surface area contributed by atoms with Gasteiger partial charge in [-0.05, 0) is 46.6 Å². The van der Waals surface area contributed by atoms with Crippen molar-refractivity contribution in [1.82, 2.24) is 4.90 Å². The Bertz CT molecular complexity index is 344. The molecule has 0 unspecified atom stereocenters. The number of rotatable bonds is 7. The fourth-order valence-electron chi connectivity index (χ4n) is 1.71. The third-order valence-electron chi connectivity index (χ3n) is 2.70. The van der Waals surface area contributed by atoms with Gasteiger partial charge in [0.15, 0.2) is 0 Å². The molecule has 3 nitrogen and oxygen atoms in total. The van der Waals surface area contributed by atoms with Gasteiger partial charge in [-0.3, -0.25) is 4.90 Å². The van der Waals surface area contributed by atoms with Crippen LogP contribution in [0.5, 0.6) is 5.75 Å². The van der Waals surface area contributed by atoms with Crippen molar-refractivity contribution in [1.29, 1.82) is 0 Å². The van der Waals surface area contributed by atoms with Gasteiger partial charge in [-0.1, -0.05) is 13.0 Å². The SMILES string of the molecule is CCN(CCCO)Cc1ccc(OC)c(Br)c1. The highest BCUT2D eigenvalue weighted by atomic mass is 79.9. The molecule has 0 amide bonds. The monoisotopic (exact) mass is 301 g/mol. The van der Waals surface area contributed by atoms with Crippen LogP contribution in [-0.2, 0) is 6.54 Å². The molecule has 0 saturated heterocycles. The summed E-state index contributed by atoms with van der Waals surface area (Å²) in [7, 11) is 1.67. The molecule has 0 fully saturated rings. The fourth-order valence-corrected chi connectivity index (χ4v) is 2.30. The Labute approximate surface area is 112 Å². The Balaban J connectivity index is 2.63. The molecule has 4 heteroatoms. The lowest BCUT2D eigenvalue weighted by Crippen LogP contribution is -2.24. The van der Waals surface area contributed by atoms with E-state index in [1.807, 2.05) is 6.07 Å². The predicted octanol–water partition coefficient (Wildman–Crippen LogP) is 2.66. The smallest absolute Gasteiger partial charge is 0.133 e. The lowest BCUT2D eigenvalue weighted by molar-refractivity contribution is 0.225. The van der Waals surface area contributed by atoms with Crippen molar-refractivity contribution in [3.8, 4) is 5.75 Å². The normalized spacial score (nSPS) is 10.9. The Morgan fingerprint density at radius 1 is 1.41 bits per heavy atom. The van der Waals surface area contributed by atoms with Crippen LogP contribution in [0.15, 0.2) is 22.7 Å². The van der Waals surface area contributed by atoms with Crippen molar-refractivity contribution in [2.45, 2.75) is 19.9 Å². The molecular weight excluding hydrogens is 282 g/mol. The third kappa shape index (κ3) is 4.66. The van der Waals surface area contributed by atoms with Gasteiger partial charge in [-0.25, -0.2) is 0 Å². The molecule has 0 bridgehead atoms. The van der Waals surface area contributed by atoms with Gasteiger partial charge in [0, 0.05) is 19.7 Å². The van der Waals surface area contributed by atoms with Gasteiger partial charge < -0.3 is 9.84 Å². The standard InChI is InChI=1S/C13H20BrNO2/c1-3-15(7-4-8-16)10-11-5-6-13(17-2)12(14)9-11/h5-6,9,16H,3-4,7-8,10H2,1-2H3. The first kappa shape index (κ1) is 14.5. The number of benzene rings is 1. The van der Waals surface area contributed by atoms with E-state index < -0.39 is 0 Å². The number of nitrogens with zero attached hydrogens (tertiary/aromatic N) is 1. The molecule has 0 spiro atoms. The van der Waals surface area contributed by atoms with Crippen molar-refractivity contribution < 1.29 is 9.84 Å². The Morgan fingerprint density at radius 2 is 2.18 bits per heavy atom. The van der Waals surface area contributed by atoms with E-state index in [4.69, 9.17) is 9.84 Å². The summed E-state index contributed by atoms with van der Waals surface area (Å²) in [5.74, 6) is 0.854. The minimum absolute atomic E-state index is 0.253. The van der Waals surface area contributed by atoms with E-state index >= 15 is 0 Å². The van der Waals surface area contributed by atoms with Crippen LogP contribution in [0.3, 0.4) is 0 Å². The summed E-state index contributed by atoms with van der Waals surface area (Å²) in [6.07, 6.45) is 0.825. The van der Waals surface area contributed by atoms with Gasteiger partial charge in [0.2, 0.25) is 0 Å². The van der Waals surface area contributed by atoms with Crippen LogP contribution in [0.25, 0.3) is 0 Å². The van der Waals surface area contributed by atoms with Crippen LogP contribution in [0.1, 0.15) is 18.9 Å². The van der Waals surface area contributed by atoms with E-state index in [-0.39, 0.29) is 6.61 Å². The van der Waals surface area contributed by atoms with E-state index in [9.17, 15) is 0 Å². The van der Waals surface area contributed by atoms with E-state index in [0.717, 1.165) is 36.3 Å². The molecule has 0 aliphatic heterocycles. The second-order valence-electron chi connectivity index (χ2n) is 3.91. The number of ether oxygens (including phenoxy) is 1. The number of hydrogen-bond donors (Lipinski definition) is 1. The number of hydrogen-bond acceptors (Lipinski definition) is 3. The minimum atomic E-state index is 0.253. The maximum Gasteiger partial charge on any atom is 0.133 e. The molecule has 1 aromatic carbocycles. The topological polar surface area (TPSA) is 32.7 Å². The molecule has 0 saturated carbocycles. The quantitative estimate of drug-likeness (QED) is 0.840. The van der Waals surface area contributed by atoms with Crippen LogP contribution in [-0.4, -0.2) is 36.8 Å². The van der Waals surface area contributed by atoms with Crippen LogP contribution >= 0.6 is 15.9 Å². The van der Waals surface area contributed by atoms with Crippen LogP contribution in [0.4, 0.5) is 0 Å². The first-order valence-corrected chi connectivity index (χ1v) is 6.66. The number of methoxy groups -OCH3 is 1. The summed E-state index contributed by atoms with van der Waals surface area (Å²) in [4.78, 5) is 2.31. The molecule has 0 aromatic heterocycles. The molecule has 0 aliphatic rings. The summed E-state index contributed by atoms with van der Waals surface area (Å²) in [5.41, 5.74) is 1.25. The van der Waals surface area contributed by atoms with Gasteiger partial charge in [0.25, 0.3) is 0 Å². The largest absolute Gasteiger partial charge is 0.496 e. The zero-order valence-corrected chi connectivity index (χ0v) is 12.0. The summed E-state index contributed by atoms with van der Waals surface area (Å²) in [6, 6.07) is 6.13. The van der Waals surface area contributed by atoms with Crippen LogP contribution in [0.2, 0.25) is 0 Å². The zero-order valence-electron chi connectivity index (χ0n) is 10.4. The molecule has 0 radical (unpaired) electrons. The molecule has 0 aliphatic carbocycles. The molecule has 1 rings (SSSR count). The second kappa shape index (κ2) is 7.69. The number of aliphatic hydroxyl groups excluding tert-OH is 1. The zero-order chi connectivity index (χ0) is 12.7. The highest BCUT2D eigenvalue weighted by Crippen LogP contribution is 2.26. The fraction of sp³-hybridized carbons (Fsp3) is 0.538. The maximum absolute atomic E-state index is 8.84.